The number of ether oxygens (including phenoxy) is 1. The maximum Gasteiger partial charge on any atom is 0.219 e. The fraction of sp³-hybridized carbons (Fsp3) is 0.188. The molecule has 0 atom stereocenters. The van der Waals surface area contributed by atoms with Gasteiger partial charge >= 0.3 is 0 Å². The van der Waals surface area contributed by atoms with E-state index in [-0.39, 0.29) is 0 Å². The summed E-state index contributed by atoms with van der Waals surface area (Å²) in [5.74, 6) is 1.91. The van der Waals surface area contributed by atoms with Crippen LogP contribution in [0.4, 0.5) is 0 Å². The molecule has 0 bridgehead atoms. The minimum absolute atomic E-state index is 0.389. The summed E-state index contributed by atoms with van der Waals surface area (Å²) in [6, 6.07) is 9.35. The van der Waals surface area contributed by atoms with Crippen LogP contribution in [0.15, 0.2) is 50.6 Å². The van der Waals surface area contributed by atoms with E-state index >= 15 is 0 Å². The summed E-state index contributed by atoms with van der Waals surface area (Å²) >= 11 is 8.73. The van der Waals surface area contributed by atoms with Gasteiger partial charge in [-0.3, -0.25) is 0 Å². The molecule has 6 nitrogen and oxygen atoms in total. The Morgan fingerprint density at radius 3 is 3.04 bits per heavy atom. The zero-order chi connectivity index (χ0) is 16.9. The van der Waals surface area contributed by atoms with Crippen LogP contribution in [-0.2, 0) is 0 Å². The molecule has 0 saturated heterocycles. The molecular formula is C16H15BrN4O2S. The molecule has 0 saturated carbocycles. The smallest absolute Gasteiger partial charge is 0.219 e. The van der Waals surface area contributed by atoms with E-state index in [0.717, 1.165) is 22.2 Å². The third-order valence-corrected chi connectivity index (χ3v) is 4.02. The first-order valence-electron chi connectivity index (χ1n) is 7.37. The summed E-state index contributed by atoms with van der Waals surface area (Å²) in [7, 11) is 0. The van der Waals surface area contributed by atoms with Gasteiger partial charge in [-0.25, -0.2) is 5.10 Å². The lowest BCUT2D eigenvalue weighted by Crippen LogP contribution is -1.97. The number of hydrogen-bond acceptors (Lipinski definition) is 5. The van der Waals surface area contributed by atoms with Gasteiger partial charge in [0, 0.05) is 0 Å². The van der Waals surface area contributed by atoms with Gasteiger partial charge in [0.25, 0.3) is 0 Å². The largest absolute Gasteiger partial charge is 0.492 e. The molecule has 8 heteroatoms. The molecule has 0 amide bonds. The fourth-order valence-electron chi connectivity index (χ4n) is 2.01. The van der Waals surface area contributed by atoms with Crippen molar-refractivity contribution < 1.29 is 9.15 Å². The minimum Gasteiger partial charge on any atom is -0.492 e. The first-order valence-corrected chi connectivity index (χ1v) is 8.57. The fourth-order valence-corrected chi connectivity index (χ4v) is 2.71. The molecule has 2 aromatic heterocycles. The number of benzene rings is 1. The van der Waals surface area contributed by atoms with E-state index in [0.29, 0.717) is 23.0 Å². The zero-order valence-corrected chi connectivity index (χ0v) is 15.3. The van der Waals surface area contributed by atoms with Crippen LogP contribution in [-0.4, -0.2) is 27.7 Å². The summed E-state index contributed by atoms with van der Waals surface area (Å²) in [6.07, 6.45) is 4.24. The highest BCUT2D eigenvalue weighted by Gasteiger charge is 2.10. The molecule has 0 aliphatic heterocycles. The SMILES string of the molecule is CCCOc1ccc(/C=N\n2c(-c3ccco3)n[nH]c2=S)cc1Br. The third kappa shape index (κ3) is 3.65. The molecule has 1 N–H and O–H groups in total. The van der Waals surface area contributed by atoms with Crippen LogP contribution in [0.1, 0.15) is 18.9 Å². The van der Waals surface area contributed by atoms with Crippen LogP contribution in [0.25, 0.3) is 11.6 Å². The van der Waals surface area contributed by atoms with Crippen molar-refractivity contribution in [1.29, 1.82) is 0 Å². The highest BCUT2D eigenvalue weighted by Crippen LogP contribution is 2.25. The number of rotatable bonds is 6. The van der Waals surface area contributed by atoms with Crippen LogP contribution in [0.2, 0.25) is 0 Å². The summed E-state index contributed by atoms with van der Waals surface area (Å²) in [5.41, 5.74) is 0.902. The number of furan rings is 1. The van der Waals surface area contributed by atoms with Gasteiger partial charge in [-0.15, -0.1) is 5.10 Å². The predicted molar refractivity (Wildman–Crippen MR) is 98.0 cm³/mol. The number of halogens is 1. The average molecular weight is 407 g/mol. The van der Waals surface area contributed by atoms with E-state index in [9.17, 15) is 0 Å². The molecule has 0 aliphatic rings. The molecule has 24 heavy (non-hydrogen) atoms. The lowest BCUT2D eigenvalue weighted by Gasteiger charge is -2.07. The Morgan fingerprint density at radius 1 is 1.46 bits per heavy atom. The molecule has 2 heterocycles. The topological polar surface area (TPSA) is 68.3 Å². The summed E-state index contributed by atoms with van der Waals surface area (Å²) in [5, 5.41) is 11.3. The van der Waals surface area contributed by atoms with E-state index in [1.807, 2.05) is 18.2 Å². The Bertz CT molecular complexity index is 899. The van der Waals surface area contributed by atoms with Crippen molar-refractivity contribution in [2.75, 3.05) is 6.61 Å². The second-order valence-electron chi connectivity index (χ2n) is 4.92. The maximum absolute atomic E-state index is 5.64. The van der Waals surface area contributed by atoms with Gasteiger partial charge in [0.15, 0.2) is 5.76 Å². The molecule has 0 unspecified atom stereocenters. The standard InChI is InChI=1S/C16H15BrN4O2S/c1-2-7-22-13-6-5-11(9-12(13)17)10-18-21-15(19-20-16(21)24)14-4-3-8-23-14/h3-6,8-10H,2,7H2,1H3,(H,20,24)/b18-10-. The normalized spacial score (nSPS) is 11.2. The first-order chi connectivity index (χ1) is 11.7. The Labute approximate surface area is 152 Å². The van der Waals surface area contributed by atoms with Gasteiger partial charge in [0.05, 0.1) is 23.6 Å². The Balaban J connectivity index is 1.86. The van der Waals surface area contributed by atoms with Crippen molar-refractivity contribution >= 4 is 34.4 Å². The first kappa shape index (κ1) is 16.7. The predicted octanol–water partition coefficient (Wildman–Crippen LogP) is 4.63. The highest BCUT2D eigenvalue weighted by atomic mass is 79.9. The monoisotopic (exact) mass is 406 g/mol. The van der Waals surface area contributed by atoms with Crippen molar-refractivity contribution in [3.05, 3.63) is 51.4 Å². The summed E-state index contributed by atoms with van der Waals surface area (Å²) in [6.45, 7) is 2.75. The van der Waals surface area contributed by atoms with Crippen molar-refractivity contribution in [1.82, 2.24) is 14.9 Å². The average Bonchev–Trinajstić information content (AvgIpc) is 3.21. The molecule has 0 spiro atoms. The number of aromatic amines is 1. The molecule has 124 valence electrons. The molecule has 0 fully saturated rings. The second kappa shape index (κ2) is 7.59. The van der Waals surface area contributed by atoms with E-state index < -0.39 is 0 Å². The lowest BCUT2D eigenvalue weighted by atomic mass is 10.2. The van der Waals surface area contributed by atoms with Gasteiger partial charge in [-0.05, 0) is 70.5 Å². The quantitative estimate of drug-likeness (QED) is 0.478. The summed E-state index contributed by atoms with van der Waals surface area (Å²) < 4.78 is 13.8. The van der Waals surface area contributed by atoms with Crippen LogP contribution in [0, 0.1) is 4.77 Å². The Hall–Kier alpha value is -2.19. The number of nitrogens with one attached hydrogen (secondary N) is 1. The number of hydrogen-bond donors (Lipinski definition) is 1. The van der Waals surface area contributed by atoms with Gasteiger partial charge in [0.1, 0.15) is 5.75 Å². The molecule has 3 aromatic rings. The minimum atomic E-state index is 0.389. The third-order valence-electron chi connectivity index (χ3n) is 3.13. The highest BCUT2D eigenvalue weighted by molar-refractivity contribution is 9.10. The molecule has 1 aromatic carbocycles. The molecule has 0 aliphatic carbocycles. The molecular weight excluding hydrogens is 392 g/mol. The van der Waals surface area contributed by atoms with Crippen molar-refractivity contribution in [2.45, 2.75) is 13.3 Å². The van der Waals surface area contributed by atoms with E-state index in [1.165, 1.54) is 4.68 Å². The van der Waals surface area contributed by atoms with Crippen LogP contribution < -0.4 is 4.74 Å². The van der Waals surface area contributed by atoms with Gasteiger partial charge in [-0.2, -0.15) is 9.78 Å². The lowest BCUT2D eigenvalue weighted by molar-refractivity contribution is 0.315. The van der Waals surface area contributed by atoms with Crippen molar-refractivity contribution in [3.63, 3.8) is 0 Å². The van der Waals surface area contributed by atoms with E-state index in [2.05, 4.69) is 38.2 Å². The maximum atomic E-state index is 5.64. The van der Waals surface area contributed by atoms with E-state index in [4.69, 9.17) is 21.4 Å². The number of nitrogens with zero attached hydrogens (tertiary/aromatic N) is 3. The van der Waals surface area contributed by atoms with Crippen LogP contribution >= 0.6 is 28.1 Å². The van der Waals surface area contributed by atoms with Crippen molar-refractivity contribution in [3.8, 4) is 17.3 Å². The molecule has 0 radical (unpaired) electrons. The number of H-pyrrole nitrogens is 1. The van der Waals surface area contributed by atoms with Crippen LogP contribution in [0.5, 0.6) is 5.75 Å². The van der Waals surface area contributed by atoms with Gasteiger partial charge in [-0.1, -0.05) is 6.92 Å². The van der Waals surface area contributed by atoms with Crippen molar-refractivity contribution in [2.24, 2.45) is 5.10 Å². The van der Waals surface area contributed by atoms with Gasteiger partial charge in [0.2, 0.25) is 10.6 Å². The summed E-state index contributed by atoms with van der Waals surface area (Å²) in [4.78, 5) is 0. The Morgan fingerprint density at radius 2 is 2.33 bits per heavy atom. The Kier molecular flexibility index (Phi) is 5.27. The van der Waals surface area contributed by atoms with Crippen LogP contribution in [0.3, 0.4) is 0 Å². The van der Waals surface area contributed by atoms with E-state index in [1.54, 1.807) is 24.6 Å². The van der Waals surface area contributed by atoms with Gasteiger partial charge < -0.3 is 9.15 Å². The zero-order valence-electron chi connectivity index (χ0n) is 12.9. The molecule has 3 rings (SSSR count). The second-order valence-corrected chi connectivity index (χ2v) is 6.17. The number of aromatic nitrogens is 3.